The van der Waals surface area contributed by atoms with E-state index in [-0.39, 0.29) is 0 Å². The van der Waals surface area contributed by atoms with Gasteiger partial charge in [-0.2, -0.15) is 5.10 Å². The molecule has 2 aromatic rings. The number of rotatable bonds is 3. The third-order valence-electron chi connectivity index (χ3n) is 1.64. The van der Waals surface area contributed by atoms with E-state index in [9.17, 15) is 0 Å². The van der Waals surface area contributed by atoms with Crippen molar-refractivity contribution < 1.29 is 0 Å². The maximum Gasteiger partial charge on any atom is 0.210 e. The molecule has 13 heavy (non-hydrogen) atoms. The van der Waals surface area contributed by atoms with Gasteiger partial charge in [0.05, 0.1) is 5.69 Å². The van der Waals surface area contributed by atoms with Crippen LogP contribution in [-0.2, 0) is 6.42 Å². The van der Waals surface area contributed by atoms with Crippen LogP contribution in [-0.4, -0.2) is 21.3 Å². The highest BCUT2D eigenvalue weighted by atomic mass is 32.1. The number of nitrogens with two attached hydrogens (primary N) is 1. The quantitative estimate of drug-likeness (QED) is 0.787. The largest absolute Gasteiger partial charge is 0.330 e. The van der Waals surface area contributed by atoms with Crippen molar-refractivity contribution in [2.75, 3.05) is 6.54 Å². The zero-order valence-corrected chi connectivity index (χ0v) is 7.87. The first kappa shape index (κ1) is 8.40. The van der Waals surface area contributed by atoms with Crippen molar-refractivity contribution in [2.45, 2.75) is 6.42 Å². The molecule has 0 aromatic carbocycles. The molecule has 4 nitrogen and oxygen atoms in total. The monoisotopic (exact) mass is 194 g/mol. The summed E-state index contributed by atoms with van der Waals surface area (Å²) in [6.07, 6.45) is 4.45. The molecule has 0 amide bonds. The molecule has 68 valence electrons. The summed E-state index contributed by atoms with van der Waals surface area (Å²) in [6.45, 7) is 0.641. The van der Waals surface area contributed by atoms with Crippen LogP contribution in [0, 0.1) is 0 Å². The number of hydrogen-bond donors (Lipinski definition) is 1. The lowest BCUT2D eigenvalue weighted by atomic mass is 10.3. The van der Waals surface area contributed by atoms with E-state index in [1.165, 1.54) is 0 Å². The molecule has 0 spiro atoms. The predicted molar refractivity (Wildman–Crippen MR) is 52.0 cm³/mol. The summed E-state index contributed by atoms with van der Waals surface area (Å²) < 4.78 is 1.75. The maximum absolute atomic E-state index is 5.43. The van der Waals surface area contributed by atoms with E-state index in [0.29, 0.717) is 6.54 Å². The molecule has 0 radical (unpaired) electrons. The van der Waals surface area contributed by atoms with Gasteiger partial charge in [0.15, 0.2) is 0 Å². The Morgan fingerprint density at radius 2 is 2.46 bits per heavy atom. The van der Waals surface area contributed by atoms with Gasteiger partial charge in [-0.25, -0.2) is 9.67 Å². The molecule has 2 N–H and O–H groups in total. The third kappa shape index (κ3) is 1.76. The predicted octanol–water partition coefficient (Wildman–Crippen LogP) is 0.830. The molecule has 0 unspecified atom stereocenters. The Kier molecular flexibility index (Phi) is 2.37. The van der Waals surface area contributed by atoms with Crippen molar-refractivity contribution >= 4 is 11.3 Å². The Hall–Kier alpha value is -1.20. The van der Waals surface area contributed by atoms with Gasteiger partial charge in [-0.05, 0) is 12.6 Å². The smallest absolute Gasteiger partial charge is 0.210 e. The highest BCUT2D eigenvalue weighted by molar-refractivity contribution is 7.12. The lowest BCUT2D eigenvalue weighted by Gasteiger charge is -1.92. The summed E-state index contributed by atoms with van der Waals surface area (Å²) in [5.41, 5.74) is 6.47. The van der Waals surface area contributed by atoms with E-state index in [1.54, 1.807) is 22.2 Å². The number of nitrogens with zero attached hydrogens (tertiary/aromatic N) is 3. The van der Waals surface area contributed by atoms with Gasteiger partial charge >= 0.3 is 0 Å². The summed E-state index contributed by atoms with van der Waals surface area (Å²) in [4.78, 5) is 4.38. The van der Waals surface area contributed by atoms with Crippen LogP contribution in [0.25, 0.3) is 5.13 Å². The maximum atomic E-state index is 5.43. The zero-order valence-electron chi connectivity index (χ0n) is 7.05. The zero-order chi connectivity index (χ0) is 9.10. The molecule has 0 aliphatic rings. The highest BCUT2D eigenvalue weighted by Crippen LogP contribution is 2.13. The van der Waals surface area contributed by atoms with E-state index in [4.69, 9.17) is 5.73 Å². The molecular formula is C8H10N4S. The average Bonchev–Trinajstić information content (AvgIpc) is 2.70. The fraction of sp³-hybridized carbons (Fsp3) is 0.250. The van der Waals surface area contributed by atoms with Crippen molar-refractivity contribution in [3.8, 4) is 5.13 Å². The summed E-state index contributed by atoms with van der Waals surface area (Å²) >= 11 is 1.58. The fourth-order valence-corrected chi connectivity index (χ4v) is 1.84. The Bertz CT molecular complexity index is 365. The van der Waals surface area contributed by atoms with Crippen LogP contribution in [0.1, 0.15) is 5.69 Å². The number of hydrogen-bond acceptors (Lipinski definition) is 4. The molecule has 2 rings (SSSR count). The molecule has 0 atom stereocenters. The van der Waals surface area contributed by atoms with Crippen molar-refractivity contribution in [2.24, 2.45) is 5.73 Å². The van der Waals surface area contributed by atoms with E-state index in [0.717, 1.165) is 17.2 Å². The van der Waals surface area contributed by atoms with Crippen LogP contribution < -0.4 is 5.73 Å². The molecule has 0 saturated carbocycles. The number of aromatic nitrogens is 3. The fourth-order valence-electron chi connectivity index (χ4n) is 1.05. The molecule has 5 heteroatoms. The SMILES string of the molecule is NCCc1csc(-n2cccn2)n1. The minimum atomic E-state index is 0.641. The lowest BCUT2D eigenvalue weighted by Crippen LogP contribution is -2.03. The Morgan fingerprint density at radius 3 is 3.15 bits per heavy atom. The molecule has 0 fully saturated rings. The highest BCUT2D eigenvalue weighted by Gasteiger charge is 2.02. The minimum Gasteiger partial charge on any atom is -0.330 e. The van der Waals surface area contributed by atoms with Crippen molar-refractivity contribution in [1.29, 1.82) is 0 Å². The summed E-state index contributed by atoms with van der Waals surface area (Å²) in [7, 11) is 0. The third-order valence-corrected chi connectivity index (χ3v) is 2.52. The average molecular weight is 194 g/mol. The molecule has 2 heterocycles. The summed E-state index contributed by atoms with van der Waals surface area (Å²) in [5.74, 6) is 0. The number of thiazole rings is 1. The Morgan fingerprint density at radius 1 is 1.54 bits per heavy atom. The molecular weight excluding hydrogens is 184 g/mol. The van der Waals surface area contributed by atoms with Crippen LogP contribution >= 0.6 is 11.3 Å². The van der Waals surface area contributed by atoms with Gasteiger partial charge in [-0.3, -0.25) is 0 Å². The van der Waals surface area contributed by atoms with Crippen LogP contribution in [0.2, 0.25) is 0 Å². The van der Waals surface area contributed by atoms with Gasteiger partial charge in [-0.1, -0.05) is 0 Å². The van der Waals surface area contributed by atoms with Crippen molar-refractivity contribution in [3.05, 3.63) is 29.5 Å². The first-order valence-corrected chi connectivity index (χ1v) is 4.92. The van der Waals surface area contributed by atoms with Gasteiger partial charge in [0.2, 0.25) is 5.13 Å². The molecule has 0 aliphatic heterocycles. The molecule has 2 aromatic heterocycles. The van der Waals surface area contributed by atoms with Gasteiger partial charge in [0, 0.05) is 24.2 Å². The van der Waals surface area contributed by atoms with Crippen LogP contribution in [0.5, 0.6) is 0 Å². The Labute approximate surface area is 80.0 Å². The van der Waals surface area contributed by atoms with Gasteiger partial charge in [-0.15, -0.1) is 11.3 Å². The van der Waals surface area contributed by atoms with Crippen molar-refractivity contribution in [1.82, 2.24) is 14.8 Å². The minimum absolute atomic E-state index is 0.641. The Balaban J connectivity index is 2.23. The van der Waals surface area contributed by atoms with Crippen LogP contribution in [0.4, 0.5) is 0 Å². The van der Waals surface area contributed by atoms with Gasteiger partial charge < -0.3 is 5.73 Å². The lowest BCUT2D eigenvalue weighted by molar-refractivity contribution is 0.850. The van der Waals surface area contributed by atoms with Crippen LogP contribution in [0.15, 0.2) is 23.8 Å². The second-order valence-corrected chi connectivity index (χ2v) is 3.45. The normalized spacial score (nSPS) is 10.5. The van der Waals surface area contributed by atoms with E-state index < -0.39 is 0 Å². The van der Waals surface area contributed by atoms with Gasteiger partial charge in [0.25, 0.3) is 0 Å². The van der Waals surface area contributed by atoms with E-state index in [2.05, 4.69) is 10.1 Å². The summed E-state index contributed by atoms with van der Waals surface area (Å²) in [5, 5.41) is 7.01. The van der Waals surface area contributed by atoms with Crippen LogP contribution in [0.3, 0.4) is 0 Å². The molecule has 0 bridgehead atoms. The summed E-state index contributed by atoms with van der Waals surface area (Å²) in [6, 6.07) is 1.88. The molecule has 0 saturated heterocycles. The van der Waals surface area contributed by atoms with Crippen molar-refractivity contribution in [3.63, 3.8) is 0 Å². The second kappa shape index (κ2) is 3.68. The second-order valence-electron chi connectivity index (χ2n) is 2.61. The topological polar surface area (TPSA) is 56.7 Å². The van der Waals surface area contributed by atoms with Gasteiger partial charge in [0.1, 0.15) is 0 Å². The first-order chi connectivity index (χ1) is 6.40. The first-order valence-electron chi connectivity index (χ1n) is 4.04. The van der Waals surface area contributed by atoms with E-state index in [1.807, 2.05) is 17.6 Å². The standard InChI is InChI=1S/C8H10N4S/c9-3-2-7-6-13-8(11-7)12-5-1-4-10-12/h1,4-6H,2-3,9H2. The van der Waals surface area contributed by atoms with E-state index >= 15 is 0 Å². The molecule has 0 aliphatic carbocycles.